The van der Waals surface area contributed by atoms with E-state index in [1.54, 1.807) is 0 Å². The van der Waals surface area contributed by atoms with Gasteiger partial charge in [-0.25, -0.2) is 4.79 Å². The highest BCUT2D eigenvalue weighted by Gasteiger charge is 2.01. The smallest absolute Gasteiger partial charge is 0.337 e. The zero-order valence-corrected chi connectivity index (χ0v) is 7.19. The average Bonchev–Trinajstić information content (AvgIpc) is 2.19. The summed E-state index contributed by atoms with van der Waals surface area (Å²) in [5, 5.41) is 16.9. The van der Waals surface area contributed by atoms with Crippen molar-refractivity contribution < 1.29 is 9.90 Å². The standard InChI is InChI=1S/C10H6N2O2/c11-4-2-1-3-8-5-9(10(13)14)7-12-6-8/h5-7H,2H2,(H,13,14). The second-order valence-electron chi connectivity index (χ2n) is 2.40. The molecule has 1 heterocycles. The highest BCUT2D eigenvalue weighted by atomic mass is 16.4. The fraction of sp³-hybridized carbons (Fsp3) is 0.100. The van der Waals surface area contributed by atoms with Gasteiger partial charge in [0.05, 0.1) is 18.1 Å². The van der Waals surface area contributed by atoms with Gasteiger partial charge in [0.1, 0.15) is 0 Å². The lowest BCUT2D eigenvalue weighted by atomic mass is 10.2. The molecule has 0 aliphatic rings. The molecule has 0 bridgehead atoms. The predicted octanol–water partition coefficient (Wildman–Crippen LogP) is 1.04. The number of pyridine rings is 1. The van der Waals surface area contributed by atoms with E-state index < -0.39 is 5.97 Å². The monoisotopic (exact) mass is 186 g/mol. The molecule has 0 aromatic carbocycles. The first-order valence-electron chi connectivity index (χ1n) is 3.78. The predicted molar refractivity (Wildman–Crippen MR) is 48.3 cm³/mol. The molecule has 0 aliphatic carbocycles. The first-order valence-corrected chi connectivity index (χ1v) is 3.78. The van der Waals surface area contributed by atoms with Gasteiger partial charge in [-0.3, -0.25) is 4.98 Å². The molecule has 0 saturated heterocycles. The van der Waals surface area contributed by atoms with Crippen molar-refractivity contribution in [1.29, 1.82) is 5.26 Å². The first-order chi connectivity index (χ1) is 6.74. The molecular weight excluding hydrogens is 180 g/mol. The molecule has 1 aromatic rings. The summed E-state index contributed by atoms with van der Waals surface area (Å²) in [7, 11) is 0. The van der Waals surface area contributed by atoms with Crippen LogP contribution < -0.4 is 0 Å². The van der Waals surface area contributed by atoms with Gasteiger partial charge in [-0.15, -0.1) is 0 Å². The average molecular weight is 186 g/mol. The summed E-state index contributed by atoms with van der Waals surface area (Å²) in [6, 6.07) is 3.28. The maximum Gasteiger partial charge on any atom is 0.337 e. The van der Waals surface area contributed by atoms with E-state index in [0.717, 1.165) is 0 Å². The summed E-state index contributed by atoms with van der Waals surface area (Å²) in [4.78, 5) is 14.3. The van der Waals surface area contributed by atoms with Gasteiger partial charge in [0, 0.05) is 18.0 Å². The quantitative estimate of drug-likeness (QED) is 0.665. The van der Waals surface area contributed by atoms with Gasteiger partial charge in [0.2, 0.25) is 0 Å². The summed E-state index contributed by atoms with van der Waals surface area (Å²) in [6.07, 6.45) is 2.83. The zero-order valence-electron chi connectivity index (χ0n) is 7.19. The fourth-order valence-electron chi connectivity index (χ4n) is 0.811. The number of carboxylic acids is 1. The third-order valence-electron chi connectivity index (χ3n) is 1.39. The van der Waals surface area contributed by atoms with E-state index >= 15 is 0 Å². The number of rotatable bonds is 1. The van der Waals surface area contributed by atoms with Crippen LogP contribution in [0, 0.1) is 23.2 Å². The Kier molecular flexibility index (Phi) is 3.23. The largest absolute Gasteiger partial charge is 0.478 e. The fourth-order valence-corrected chi connectivity index (χ4v) is 0.811. The van der Waals surface area contributed by atoms with Crippen molar-refractivity contribution in [3.63, 3.8) is 0 Å². The number of aromatic nitrogens is 1. The number of hydrogen-bond acceptors (Lipinski definition) is 3. The summed E-state index contributed by atoms with van der Waals surface area (Å²) in [5.74, 6) is 4.18. The van der Waals surface area contributed by atoms with Gasteiger partial charge in [-0.05, 0) is 6.07 Å². The van der Waals surface area contributed by atoms with E-state index in [1.165, 1.54) is 18.5 Å². The van der Waals surface area contributed by atoms with Crippen LogP contribution in [0.3, 0.4) is 0 Å². The maximum atomic E-state index is 10.5. The second kappa shape index (κ2) is 4.64. The molecular formula is C10H6N2O2. The van der Waals surface area contributed by atoms with Crippen LogP contribution >= 0.6 is 0 Å². The molecule has 0 amide bonds. The minimum atomic E-state index is -1.04. The molecule has 4 heteroatoms. The minimum absolute atomic E-state index is 0.0914. The van der Waals surface area contributed by atoms with Gasteiger partial charge >= 0.3 is 5.97 Å². The number of nitrogens with zero attached hydrogens (tertiary/aromatic N) is 2. The van der Waals surface area contributed by atoms with Gasteiger partial charge in [-0.2, -0.15) is 5.26 Å². The number of carboxylic acid groups (broad SMARTS) is 1. The lowest BCUT2D eigenvalue weighted by Gasteiger charge is -1.92. The van der Waals surface area contributed by atoms with Gasteiger partial charge in [0.15, 0.2) is 0 Å². The van der Waals surface area contributed by atoms with E-state index in [4.69, 9.17) is 10.4 Å². The minimum Gasteiger partial charge on any atom is -0.478 e. The van der Waals surface area contributed by atoms with E-state index in [1.807, 2.05) is 6.07 Å². The Bertz CT molecular complexity index is 449. The molecule has 0 unspecified atom stereocenters. The first kappa shape index (κ1) is 9.76. The van der Waals surface area contributed by atoms with Crippen molar-refractivity contribution in [1.82, 2.24) is 4.98 Å². The third kappa shape index (κ3) is 2.62. The van der Waals surface area contributed by atoms with Crippen LogP contribution in [0.5, 0.6) is 0 Å². The van der Waals surface area contributed by atoms with Crippen LogP contribution in [0.25, 0.3) is 0 Å². The molecule has 1 aromatic heterocycles. The van der Waals surface area contributed by atoms with Gasteiger partial charge in [0.25, 0.3) is 0 Å². The van der Waals surface area contributed by atoms with Crippen LogP contribution in [0.15, 0.2) is 18.5 Å². The Balaban J connectivity index is 2.92. The van der Waals surface area contributed by atoms with Crippen molar-refractivity contribution in [3.05, 3.63) is 29.6 Å². The van der Waals surface area contributed by atoms with Crippen molar-refractivity contribution in [3.8, 4) is 17.9 Å². The Morgan fingerprint density at radius 1 is 1.57 bits per heavy atom. The third-order valence-corrected chi connectivity index (χ3v) is 1.39. The maximum absolute atomic E-state index is 10.5. The van der Waals surface area contributed by atoms with Crippen LogP contribution in [-0.2, 0) is 0 Å². The summed E-state index contributed by atoms with van der Waals surface area (Å²) in [6.45, 7) is 0. The highest BCUT2D eigenvalue weighted by Crippen LogP contribution is 2.00. The topological polar surface area (TPSA) is 74.0 Å². The number of hydrogen-bond donors (Lipinski definition) is 1. The Labute approximate surface area is 80.8 Å². The van der Waals surface area contributed by atoms with Crippen LogP contribution in [0.2, 0.25) is 0 Å². The number of nitriles is 1. The summed E-state index contributed by atoms with van der Waals surface area (Å²) in [5.41, 5.74) is 0.592. The van der Waals surface area contributed by atoms with E-state index in [0.29, 0.717) is 5.56 Å². The summed E-state index contributed by atoms with van der Waals surface area (Å²) < 4.78 is 0. The molecule has 0 radical (unpaired) electrons. The van der Waals surface area contributed by atoms with Crippen LogP contribution in [0.1, 0.15) is 22.3 Å². The Morgan fingerprint density at radius 3 is 3.00 bits per heavy atom. The Morgan fingerprint density at radius 2 is 2.36 bits per heavy atom. The van der Waals surface area contributed by atoms with Crippen molar-refractivity contribution in [2.75, 3.05) is 0 Å². The van der Waals surface area contributed by atoms with E-state index in [-0.39, 0.29) is 12.0 Å². The summed E-state index contributed by atoms with van der Waals surface area (Å²) >= 11 is 0. The highest BCUT2D eigenvalue weighted by molar-refractivity contribution is 5.87. The van der Waals surface area contributed by atoms with Crippen molar-refractivity contribution >= 4 is 5.97 Å². The molecule has 0 atom stereocenters. The molecule has 0 aliphatic heterocycles. The van der Waals surface area contributed by atoms with Crippen molar-refractivity contribution in [2.45, 2.75) is 6.42 Å². The number of aromatic carboxylic acids is 1. The molecule has 4 nitrogen and oxygen atoms in total. The molecule has 0 spiro atoms. The Hall–Kier alpha value is -2.33. The molecule has 0 fully saturated rings. The SMILES string of the molecule is N#CCC#Cc1cncc(C(=O)O)c1. The molecule has 0 saturated carbocycles. The number of carbonyl (C=O) groups is 1. The molecule has 14 heavy (non-hydrogen) atoms. The van der Waals surface area contributed by atoms with Crippen molar-refractivity contribution in [2.24, 2.45) is 0 Å². The lowest BCUT2D eigenvalue weighted by molar-refractivity contribution is 0.0696. The normalized spacial score (nSPS) is 8.21. The molecule has 68 valence electrons. The molecule has 1 N–H and O–H groups in total. The van der Waals surface area contributed by atoms with Gasteiger partial charge in [-0.1, -0.05) is 11.8 Å². The van der Waals surface area contributed by atoms with Crippen LogP contribution in [0.4, 0.5) is 0 Å². The zero-order chi connectivity index (χ0) is 10.4. The van der Waals surface area contributed by atoms with E-state index in [2.05, 4.69) is 16.8 Å². The second-order valence-corrected chi connectivity index (χ2v) is 2.40. The lowest BCUT2D eigenvalue weighted by Crippen LogP contribution is -1.97. The van der Waals surface area contributed by atoms with Crippen LogP contribution in [-0.4, -0.2) is 16.1 Å². The van der Waals surface area contributed by atoms with Gasteiger partial charge < -0.3 is 5.11 Å². The van der Waals surface area contributed by atoms with E-state index in [9.17, 15) is 4.79 Å². The molecule has 1 rings (SSSR count).